The number of nitrogens with zero attached hydrogens (tertiary/aromatic N) is 5. The van der Waals surface area contributed by atoms with Gasteiger partial charge in [-0.2, -0.15) is 5.10 Å². The van der Waals surface area contributed by atoms with Crippen molar-refractivity contribution in [2.75, 3.05) is 31.1 Å². The van der Waals surface area contributed by atoms with Gasteiger partial charge in [-0.05, 0) is 51.3 Å². The summed E-state index contributed by atoms with van der Waals surface area (Å²) in [6.07, 6.45) is 3.20. The first kappa shape index (κ1) is 21.6. The van der Waals surface area contributed by atoms with Gasteiger partial charge in [0.25, 0.3) is 0 Å². The van der Waals surface area contributed by atoms with Gasteiger partial charge in [0.2, 0.25) is 11.9 Å². The van der Waals surface area contributed by atoms with E-state index in [4.69, 9.17) is 0 Å². The van der Waals surface area contributed by atoms with E-state index in [0.29, 0.717) is 6.54 Å². The zero-order chi connectivity index (χ0) is 23.0. The van der Waals surface area contributed by atoms with E-state index in [1.165, 1.54) is 5.56 Å². The normalized spacial score (nSPS) is 19.2. The molecule has 5 rings (SSSR count). The van der Waals surface area contributed by atoms with Gasteiger partial charge in [-0.25, -0.2) is 9.97 Å². The quantitative estimate of drug-likeness (QED) is 0.642. The average molecular weight is 446 g/mol. The van der Waals surface area contributed by atoms with Gasteiger partial charge < -0.3 is 15.1 Å². The summed E-state index contributed by atoms with van der Waals surface area (Å²) in [4.78, 5) is 27.5. The minimum Gasteiger partial charge on any atom is -0.341 e. The molecule has 0 aliphatic carbocycles. The zero-order valence-electron chi connectivity index (χ0n) is 19.5. The molecule has 2 aliphatic heterocycles. The van der Waals surface area contributed by atoms with E-state index in [9.17, 15) is 4.79 Å². The fourth-order valence-electron chi connectivity index (χ4n) is 5.14. The second-order valence-corrected chi connectivity index (χ2v) is 9.27. The number of hydrogen-bond acceptors (Lipinski definition) is 6. The summed E-state index contributed by atoms with van der Waals surface area (Å²) in [5, 5.41) is 10.9. The van der Waals surface area contributed by atoms with Crippen LogP contribution in [0.4, 0.5) is 5.95 Å². The third-order valence-corrected chi connectivity index (χ3v) is 6.88. The Morgan fingerprint density at radius 2 is 1.67 bits per heavy atom. The number of carbonyl (C=O) groups excluding carboxylic acids is 1. The Hall–Kier alpha value is -3.26. The molecule has 0 saturated carbocycles. The molecule has 33 heavy (non-hydrogen) atoms. The number of carbonyl (C=O) groups is 1. The van der Waals surface area contributed by atoms with Crippen LogP contribution in [0.1, 0.15) is 47.1 Å². The molecule has 1 amide bonds. The van der Waals surface area contributed by atoms with Crippen molar-refractivity contribution in [2.24, 2.45) is 0 Å². The number of piperazine rings is 1. The summed E-state index contributed by atoms with van der Waals surface area (Å²) in [6.45, 7) is 8.98. The van der Waals surface area contributed by atoms with Crippen molar-refractivity contribution in [3.8, 4) is 0 Å². The number of benzene rings is 1. The van der Waals surface area contributed by atoms with Gasteiger partial charge in [-0.15, -0.1) is 0 Å². The third kappa shape index (κ3) is 4.11. The Labute approximate surface area is 194 Å². The minimum atomic E-state index is -0.559. The minimum absolute atomic E-state index is 0.162. The number of aromatic nitrogens is 4. The second-order valence-electron chi connectivity index (χ2n) is 9.27. The predicted octanol–water partition coefficient (Wildman–Crippen LogP) is 2.69. The van der Waals surface area contributed by atoms with E-state index in [1.807, 2.05) is 30.9 Å². The molecule has 1 atom stereocenters. The van der Waals surface area contributed by atoms with Crippen molar-refractivity contribution in [3.05, 3.63) is 70.8 Å². The number of piperidine rings is 1. The average Bonchev–Trinajstić information content (AvgIpc) is 3.32. The van der Waals surface area contributed by atoms with Gasteiger partial charge in [-0.3, -0.25) is 9.89 Å². The molecule has 0 radical (unpaired) electrons. The first-order valence-electron chi connectivity index (χ1n) is 11.6. The lowest BCUT2D eigenvalue weighted by Gasteiger charge is -2.48. The molecule has 2 aromatic heterocycles. The van der Waals surface area contributed by atoms with Gasteiger partial charge >= 0.3 is 0 Å². The summed E-state index contributed by atoms with van der Waals surface area (Å²) in [7, 11) is 0. The standard InChI is InChI=1S/C25H31N7O/c1-17-4-6-20(7-5-17)22(21-8-11-27-30-21)32-15-12-26-25(23(32)33)9-13-31(14-10-25)24-28-18(2)16-19(3)29-24/h4-8,11,16,22,26H,9-10,12-15H2,1-3H3,(H,27,30). The zero-order valence-corrected chi connectivity index (χ0v) is 19.5. The number of rotatable bonds is 4. The van der Waals surface area contributed by atoms with Gasteiger partial charge in [0, 0.05) is 43.8 Å². The van der Waals surface area contributed by atoms with Gasteiger partial charge in [0.15, 0.2) is 0 Å². The molecular weight excluding hydrogens is 414 g/mol. The predicted molar refractivity (Wildman–Crippen MR) is 127 cm³/mol. The number of anilines is 1. The van der Waals surface area contributed by atoms with Crippen LogP contribution in [-0.4, -0.2) is 62.7 Å². The van der Waals surface area contributed by atoms with Crippen LogP contribution in [0.2, 0.25) is 0 Å². The van der Waals surface area contributed by atoms with Crippen molar-refractivity contribution in [2.45, 2.75) is 45.2 Å². The molecule has 172 valence electrons. The third-order valence-electron chi connectivity index (χ3n) is 6.88. The van der Waals surface area contributed by atoms with Crippen molar-refractivity contribution in [3.63, 3.8) is 0 Å². The van der Waals surface area contributed by atoms with Gasteiger partial charge in [0.1, 0.15) is 5.54 Å². The Morgan fingerprint density at radius 3 is 2.30 bits per heavy atom. The Balaban J connectivity index is 1.40. The van der Waals surface area contributed by atoms with Gasteiger partial charge in [-0.1, -0.05) is 29.8 Å². The molecule has 8 nitrogen and oxygen atoms in total. The van der Waals surface area contributed by atoms with E-state index in [2.05, 4.69) is 61.6 Å². The molecule has 1 spiro atoms. The maximum absolute atomic E-state index is 14.0. The number of aryl methyl sites for hydroxylation is 3. The largest absolute Gasteiger partial charge is 0.341 e. The van der Waals surface area contributed by atoms with Crippen molar-refractivity contribution >= 4 is 11.9 Å². The van der Waals surface area contributed by atoms with Crippen LogP contribution < -0.4 is 10.2 Å². The summed E-state index contributed by atoms with van der Waals surface area (Å²) < 4.78 is 0. The molecule has 3 aromatic rings. The number of hydrogen-bond donors (Lipinski definition) is 2. The highest BCUT2D eigenvalue weighted by atomic mass is 16.2. The smallest absolute Gasteiger partial charge is 0.243 e. The van der Waals surface area contributed by atoms with Crippen LogP contribution in [0.15, 0.2) is 42.6 Å². The lowest BCUT2D eigenvalue weighted by molar-refractivity contribution is -0.144. The van der Waals surface area contributed by atoms with Gasteiger partial charge in [0.05, 0.1) is 11.7 Å². The van der Waals surface area contributed by atoms with Crippen LogP contribution in [-0.2, 0) is 4.79 Å². The summed E-state index contributed by atoms with van der Waals surface area (Å²) >= 11 is 0. The molecular formula is C25H31N7O. The highest BCUT2D eigenvalue weighted by molar-refractivity contribution is 5.88. The monoisotopic (exact) mass is 445 g/mol. The Bertz CT molecular complexity index is 1100. The summed E-state index contributed by atoms with van der Waals surface area (Å²) in [6, 6.07) is 12.2. The Kier molecular flexibility index (Phi) is 5.62. The SMILES string of the molecule is Cc1ccc(C(c2ccn[nH]2)N2CCNC3(CCN(c4nc(C)cc(C)n4)CC3)C2=O)cc1. The highest BCUT2D eigenvalue weighted by Gasteiger charge is 2.48. The van der Waals surface area contributed by atoms with Crippen molar-refractivity contribution < 1.29 is 4.79 Å². The first-order valence-corrected chi connectivity index (χ1v) is 11.6. The molecule has 8 heteroatoms. The van der Waals surface area contributed by atoms with E-state index in [0.717, 1.165) is 61.1 Å². The van der Waals surface area contributed by atoms with E-state index < -0.39 is 5.54 Å². The molecule has 2 aliphatic rings. The molecule has 2 N–H and O–H groups in total. The topological polar surface area (TPSA) is 90.0 Å². The molecule has 2 saturated heterocycles. The first-order chi connectivity index (χ1) is 15.9. The van der Waals surface area contributed by atoms with E-state index in [1.54, 1.807) is 6.20 Å². The number of nitrogens with one attached hydrogen (secondary N) is 2. The molecule has 1 aromatic carbocycles. The molecule has 4 heterocycles. The highest BCUT2D eigenvalue weighted by Crippen LogP contribution is 2.35. The number of aromatic amines is 1. The van der Waals surface area contributed by atoms with Crippen LogP contribution in [0.5, 0.6) is 0 Å². The van der Waals surface area contributed by atoms with Crippen LogP contribution in [0.3, 0.4) is 0 Å². The van der Waals surface area contributed by atoms with Crippen molar-refractivity contribution in [1.29, 1.82) is 0 Å². The molecule has 2 fully saturated rings. The lowest BCUT2D eigenvalue weighted by Crippen LogP contribution is -2.68. The molecule has 1 unspecified atom stereocenters. The van der Waals surface area contributed by atoms with Crippen molar-refractivity contribution in [1.82, 2.24) is 30.4 Å². The summed E-state index contributed by atoms with van der Waals surface area (Å²) in [5.74, 6) is 0.923. The van der Waals surface area contributed by atoms with Crippen LogP contribution >= 0.6 is 0 Å². The maximum atomic E-state index is 14.0. The fourth-order valence-corrected chi connectivity index (χ4v) is 5.14. The number of H-pyrrole nitrogens is 1. The Morgan fingerprint density at radius 1 is 0.970 bits per heavy atom. The van der Waals surface area contributed by atoms with E-state index >= 15 is 0 Å². The lowest BCUT2D eigenvalue weighted by atomic mass is 9.83. The maximum Gasteiger partial charge on any atom is 0.243 e. The second kappa shape index (κ2) is 8.59. The van der Waals surface area contributed by atoms with Crippen LogP contribution in [0.25, 0.3) is 0 Å². The fraction of sp³-hybridized carbons (Fsp3) is 0.440. The summed E-state index contributed by atoms with van der Waals surface area (Å²) in [5.41, 5.74) is 4.61. The molecule has 0 bridgehead atoms. The van der Waals surface area contributed by atoms with Crippen LogP contribution in [0, 0.1) is 20.8 Å². The van der Waals surface area contributed by atoms with E-state index in [-0.39, 0.29) is 11.9 Å². The number of amides is 1.